The van der Waals surface area contributed by atoms with Crippen LogP contribution in [0.2, 0.25) is 5.02 Å². The minimum Gasteiger partial charge on any atom is -0.481 e. The molecule has 0 spiro atoms. The van der Waals surface area contributed by atoms with Crippen LogP contribution >= 0.6 is 35.1 Å². The van der Waals surface area contributed by atoms with Gasteiger partial charge >= 0.3 is 29.8 Å². The van der Waals surface area contributed by atoms with E-state index in [4.69, 9.17) is 30.8 Å². The van der Waals surface area contributed by atoms with Crippen LogP contribution in [0.3, 0.4) is 0 Å². The molecule has 10 atom stereocenters. The fraction of sp³-hybridized carbons (Fsp3) is 0.610. The van der Waals surface area contributed by atoms with Crippen LogP contribution in [0.5, 0.6) is 0 Å². The standard InChI is InChI=1S/C100H147ClN20O26S2.Lu/c1-9-63(6)89-97(142)104-29-45-148-58-67-16-12-17-68(107-67)59-149-60-79(95(140)116-100(7,8)99(144)114-75(47-62(4)5)94(139)115-89)113-91(136)74(46-61(2)3)110-90(135)73(23-26-84(125)126)109-96(141)80-20-13-30-121(80)98(143)78(49-65-53-106-72-22-21-66(101)50-70(65)72)112-92(137)76(48-64-52-105-71-19-11-10-18-69(64)71)111-93(138)77(51-85(127)128)108-82(123)25-24-81(122)102-27-14-39-145-41-43-147-44-42-146-40-15-28-103-83(124)54-117-31-33-118(55-86(129)130)35-37-120(57-88(133)134)38-36-119(34-32-117)56-87(131)132;/h10-12,16-19,21-22,50,52-53,61-63,73-80,89,105-106H,9,13-15,20,23-49,51,54-60H2,1-8H3,(H,102,122)(H,103,124)(H,104,142)(H,108,123)(H,109,141)(H,110,135)(H,111,138)(H,112,137)(H,113,136)(H,114,144)(H,115,139)(H,116,140)(H,125,126)(H,127,128)(H,129,130)(H,131,132)(H,133,134);/t63-,73-,74+,75-,76-,77-,78-,79-,80-,89-;/m0./s1. The summed E-state index contributed by atoms with van der Waals surface area (Å²) in [6.45, 7) is 17.0. The molecule has 2 aromatic carbocycles. The predicted molar refractivity (Wildman–Crippen MR) is 554 cm³/mol. The van der Waals surface area contributed by atoms with Crippen LogP contribution in [0, 0.1) is 54.6 Å². The molecule has 5 aromatic rings. The number of thioether (sulfide) groups is 2. The van der Waals surface area contributed by atoms with Gasteiger partial charge in [-0.25, -0.2) is 0 Å². The number of hydrogen-bond donors (Lipinski definition) is 19. The fourth-order valence-corrected chi connectivity index (χ4v) is 19.0. The Kier molecular flexibility index (Phi) is 55.0. The van der Waals surface area contributed by atoms with E-state index in [9.17, 15) is 92.7 Å². The Morgan fingerprint density at radius 1 is 0.533 bits per heavy atom. The summed E-state index contributed by atoms with van der Waals surface area (Å²) in [4.78, 5) is 267. The number of nitrogens with one attached hydrogen (secondary N) is 14. The molecule has 6 heterocycles. The Morgan fingerprint density at radius 2 is 1.07 bits per heavy atom. The van der Waals surface area contributed by atoms with Crippen molar-refractivity contribution in [2.75, 3.05) is 156 Å². The third-order valence-electron chi connectivity index (χ3n) is 25.2. The van der Waals surface area contributed by atoms with Gasteiger partial charge < -0.3 is 118 Å². The number of nitrogens with zero attached hydrogens (tertiary/aromatic N) is 6. The van der Waals surface area contributed by atoms with Crippen molar-refractivity contribution in [3.8, 4) is 0 Å². The van der Waals surface area contributed by atoms with Gasteiger partial charge in [-0.1, -0.05) is 83.8 Å². The van der Waals surface area contributed by atoms with Crippen LogP contribution < -0.4 is 63.8 Å². The molecule has 2 saturated heterocycles. The van der Waals surface area contributed by atoms with Gasteiger partial charge in [0.2, 0.25) is 76.8 Å². The smallest absolute Gasteiger partial charge is 0.317 e. The molecule has 0 aliphatic carbocycles. The molecular formula is C100H147ClLuN20O26S2. The van der Waals surface area contributed by atoms with Crippen LogP contribution in [-0.4, -0.2) is 387 Å². The number of hydrogen-bond acceptors (Lipinski definition) is 28. The van der Waals surface area contributed by atoms with Crippen molar-refractivity contribution in [3.63, 3.8) is 0 Å². The molecule has 0 unspecified atom stereocenters. The van der Waals surface area contributed by atoms with Gasteiger partial charge in [-0.2, -0.15) is 23.5 Å². The molecule has 3 aromatic heterocycles. The second kappa shape index (κ2) is 65.5. The van der Waals surface area contributed by atoms with Crippen molar-refractivity contribution in [2.24, 2.45) is 17.8 Å². The first-order valence-electron chi connectivity index (χ1n) is 50.5. The Hall–Kier alpha value is -10.9. The molecular weight excluding hydrogens is 2170 g/mol. The van der Waals surface area contributed by atoms with Crippen LogP contribution in [0.25, 0.3) is 21.8 Å². The summed E-state index contributed by atoms with van der Waals surface area (Å²) in [6.07, 6.45) is 1.08. The number of carboxylic acid groups (broad SMARTS) is 5. The van der Waals surface area contributed by atoms with Crippen molar-refractivity contribution in [2.45, 2.75) is 217 Å². The number of rotatable bonds is 52. The summed E-state index contributed by atoms with van der Waals surface area (Å²) in [7, 11) is 0. The van der Waals surface area contributed by atoms with Gasteiger partial charge in [0.25, 0.3) is 0 Å². The largest absolute Gasteiger partial charge is 0.481 e. The average Bonchev–Trinajstić information content (AvgIpc) is 1.63. The summed E-state index contributed by atoms with van der Waals surface area (Å²) >= 11 is 9.31. The molecule has 837 valence electrons. The third-order valence-corrected chi connectivity index (χ3v) is 27.5. The first kappa shape index (κ1) is 126. The zero-order valence-corrected chi connectivity index (χ0v) is 90.1. The SMILES string of the molecule is CC[C@H](C)[C@@H]1NC(=O)[C@H](CC(C)C)NC(=O)C(C)(C)NC(=O)[C@@H](NC(=O)[C@@H](CC(C)C)NC(=O)[C@H](CCC(=O)O)NC(=O)[C@@H]2CCCN2C(=O)[C@H](Cc2c[nH]c3ccc(Cl)cc23)NC(=O)[C@H](Cc2c[nH]c3ccccc23)NC(=O)[C@H](CC(=O)O)NC(=O)CCC(=O)NCCCOCCOCCOCCCNC(=O)CN2CCN(CC(=O)O)CCN(CC(=O)O)CCN(CC(=O)O)CC2)CSCc2cccc(n2)CSCCNC1=O.[Lu]. The molecule has 150 heavy (non-hydrogen) atoms. The monoisotopic (exact) mass is 2320 g/mol. The van der Waals surface area contributed by atoms with E-state index in [1.54, 1.807) is 89.5 Å². The topological polar surface area (TPSA) is 641 Å². The number of aliphatic carboxylic acids is 5. The van der Waals surface area contributed by atoms with E-state index >= 15 is 19.2 Å². The third kappa shape index (κ3) is 44.8. The van der Waals surface area contributed by atoms with Crippen LogP contribution in [0.1, 0.15) is 155 Å². The van der Waals surface area contributed by atoms with E-state index < -0.39 is 180 Å². The number of amides is 13. The van der Waals surface area contributed by atoms with Crippen molar-refractivity contribution in [3.05, 3.63) is 101 Å². The number of aromatic nitrogens is 3. The minimum atomic E-state index is -1.84. The first-order chi connectivity index (χ1) is 71.0. The second-order valence-electron chi connectivity index (χ2n) is 38.7. The summed E-state index contributed by atoms with van der Waals surface area (Å²) in [6, 6.07) is 4.23. The zero-order valence-electron chi connectivity index (χ0n) is 86.1. The quantitative estimate of drug-likeness (QED) is 0.0244. The number of H-pyrrole nitrogens is 2. The number of benzene rings is 2. The van der Waals surface area contributed by atoms with Crippen molar-refractivity contribution >= 4 is 164 Å². The Labute approximate surface area is 914 Å². The van der Waals surface area contributed by atoms with Gasteiger partial charge in [-0.3, -0.25) is 111 Å². The summed E-state index contributed by atoms with van der Waals surface area (Å²) < 4.78 is 16.9. The van der Waals surface area contributed by atoms with Crippen molar-refractivity contribution < 1.29 is 163 Å². The molecule has 8 rings (SSSR count). The van der Waals surface area contributed by atoms with Gasteiger partial charge in [-0.05, 0) is 124 Å². The van der Waals surface area contributed by atoms with E-state index in [0.29, 0.717) is 107 Å². The van der Waals surface area contributed by atoms with Gasteiger partial charge in [0.1, 0.15) is 59.9 Å². The number of pyridine rings is 1. The molecule has 2 fully saturated rings. The number of carbonyl (C=O) groups excluding carboxylic acids is 13. The number of ether oxygens (including phenoxy) is 3. The minimum absolute atomic E-state index is 0. The van der Waals surface area contributed by atoms with Crippen molar-refractivity contribution in [1.29, 1.82) is 0 Å². The number of likely N-dealkylation sites (tertiary alicyclic amines) is 1. The van der Waals surface area contributed by atoms with E-state index in [0.717, 1.165) is 5.69 Å². The van der Waals surface area contributed by atoms with E-state index in [1.807, 2.05) is 44.7 Å². The van der Waals surface area contributed by atoms with Crippen LogP contribution in [0.15, 0.2) is 73.1 Å². The van der Waals surface area contributed by atoms with Crippen LogP contribution in [-0.2, 0) is 125 Å². The van der Waals surface area contributed by atoms with E-state index in [2.05, 4.69) is 73.8 Å². The number of fused-ring (bicyclic) bond motifs is 4. The van der Waals surface area contributed by atoms with Crippen LogP contribution in [0.4, 0.5) is 0 Å². The van der Waals surface area contributed by atoms with Crippen molar-refractivity contribution in [1.82, 2.24) is 103 Å². The van der Waals surface area contributed by atoms with E-state index in [1.165, 1.54) is 42.3 Å². The Bertz CT molecular complexity index is 5320. The molecule has 13 amide bonds. The number of aromatic amines is 2. The normalized spacial score (nSPS) is 18.6. The van der Waals surface area contributed by atoms with Gasteiger partial charge in [0.15, 0.2) is 0 Å². The molecule has 2 bridgehead atoms. The maximum Gasteiger partial charge on any atom is 0.317 e. The molecule has 50 heteroatoms. The molecule has 46 nitrogen and oxygen atoms in total. The summed E-state index contributed by atoms with van der Waals surface area (Å²) in [5.41, 5.74) is 1.74. The summed E-state index contributed by atoms with van der Waals surface area (Å²) in [5, 5.41) is 83.2. The predicted octanol–water partition coefficient (Wildman–Crippen LogP) is 1.34. The fourth-order valence-electron chi connectivity index (χ4n) is 17.1. The van der Waals surface area contributed by atoms with Gasteiger partial charge in [-0.15, -0.1) is 0 Å². The Balaban J connectivity index is 0.0000304. The molecule has 19 N–H and O–H groups in total. The number of para-hydroxylation sites is 1. The molecule has 0 saturated carbocycles. The summed E-state index contributed by atoms with van der Waals surface area (Å²) in [5.74, 6) is -15.9. The molecule has 1 radical (unpaired) electrons. The number of carboxylic acids is 5. The number of carbonyl (C=O) groups is 18. The van der Waals surface area contributed by atoms with Gasteiger partial charge in [0.05, 0.1) is 70.4 Å². The zero-order chi connectivity index (χ0) is 109. The Morgan fingerprint density at radius 3 is 1.65 bits per heavy atom. The first-order valence-corrected chi connectivity index (χ1v) is 53.2. The average molecular weight is 2320 g/mol. The maximum atomic E-state index is 15.7. The molecule has 3 aliphatic heterocycles. The number of halogens is 1. The molecule has 3 aliphatic rings. The maximum absolute atomic E-state index is 15.7. The second-order valence-corrected chi connectivity index (χ2v) is 41.3. The van der Waals surface area contributed by atoms with E-state index in [-0.39, 0.29) is 234 Å². The van der Waals surface area contributed by atoms with Gasteiger partial charge in [0, 0.05) is 223 Å².